The molecule has 0 aliphatic carbocycles. The van der Waals surface area contributed by atoms with Gasteiger partial charge in [0, 0.05) is 49.9 Å². The van der Waals surface area contributed by atoms with E-state index in [0.717, 1.165) is 81.1 Å². The molecule has 1 amide bonds. The van der Waals surface area contributed by atoms with Crippen molar-refractivity contribution >= 4 is 50.5 Å². The van der Waals surface area contributed by atoms with Crippen LogP contribution in [0.3, 0.4) is 0 Å². The monoisotopic (exact) mass is 601 g/mol. The molecule has 0 unspecified atom stereocenters. The van der Waals surface area contributed by atoms with Crippen molar-refractivity contribution in [3.05, 3.63) is 46.6 Å². The fourth-order valence-corrected chi connectivity index (χ4v) is 6.79. The van der Waals surface area contributed by atoms with Crippen LogP contribution in [0.4, 0.5) is 17.3 Å². The number of ether oxygens (including phenoxy) is 1. The lowest BCUT2D eigenvalue weighted by Crippen LogP contribution is -2.46. The molecule has 3 fully saturated rings. The summed E-state index contributed by atoms with van der Waals surface area (Å²) < 4.78 is 34.4. The zero-order valence-electron chi connectivity index (χ0n) is 23.6. The Kier molecular flexibility index (Phi) is 7.50. The highest BCUT2D eigenvalue weighted by Gasteiger charge is 2.33. The van der Waals surface area contributed by atoms with Gasteiger partial charge >= 0.3 is 0 Å². The van der Waals surface area contributed by atoms with Crippen molar-refractivity contribution in [2.75, 3.05) is 53.5 Å². The van der Waals surface area contributed by atoms with Gasteiger partial charge in [-0.05, 0) is 57.7 Å². The molecule has 0 radical (unpaired) electrons. The van der Waals surface area contributed by atoms with Crippen molar-refractivity contribution in [2.45, 2.75) is 57.8 Å². The summed E-state index contributed by atoms with van der Waals surface area (Å²) in [5.41, 5.74) is 1.93. The normalized spacial score (nSPS) is 23.5. The first-order valence-corrected chi connectivity index (χ1v) is 16.5. The largest absolute Gasteiger partial charge is 0.372 e. The van der Waals surface area contributed by atoms with Gasteiger partial charge in [-0.25, -0.2) is 13.4 Å². The first-order valence-electron chi connectivity index (χ1n) is 14.2. The first-order chi connectivity index (χ1) is 19.6. The fourth-order valence-electron chi connectivity index (χ4n) is 6.04. The van der Waals surface area contributed by atoms with Crippen LogP contribution in [0.5, 0.6) is 0 Å². The zero-order chi connectivity index (χ0) is 28.9. The van der Waals surface area contributed by atoms with Crippen molar-refractivity contribution in [3.63, 3.8) is 0 Å². The Morgan fingerprint density at radius 1 is 1.02 bits per heavy atom. The summed E-state index contributed by atoms with van der Waals surface area (Å²) in [6.45, 7) is 8.15. The van der Waals surface area contributed by atoms with Gasteiger partial charge in [-0.3, -0.25) is 9.52 Å². The van der Waals surface area contributed by atoms with Gasteiger partial charge in [0.05, 0.1) is 41.5 Å². The van der Waals surface area contributed by atoms with Crippen LogP contribution in [0.25, 0.3) is 5.65 Å². The zero-order valence-corrected chi connectivity index (χ0v) is 25.2. The highest BCUT2D eigenvalue weighted by molar-refractivity contribution is 7.92. The number of likely N-dealkylation sites (tertiary alicyclic amines) is 1. The average molecular weight is 602 g/mol. The van der Waals surface area contributed by atoms with E-state index in [-0.39, 0.29) is 35.4 Å². The molecule has 6 rings (SSSR count). The van der Waals surface area contributed by atoms with E-state index in [4.69, 9.17) is 26.4 Å². The predicted octanol–water partition coefficient (Wildman–Crippen LogP) is 3.95. The summed E-state index contributed by atoms with van der Waals surface area (Å²) in [6.07, 6.45) is 4.92. The molecule has 11 nitrogen and oxygen atoms in total. The molecule has 3 saturated heterocycles. The van der Waals surface area contributed by atoms with Crippen molar-refractivity contribution in [1.82, 2.24) is 19.5 Å². The van der Waals surface area contributed by atoms with E-state index in [2.05, 4.69) is 34.4 Å². The number of anilines is 3. The van der Waals surface area contributed by atoms with E-state index in [0.29, 0.717) is 11.6 Å². The summed E-state index contributed by atoms with van der Waals surface area (Å²) in [4.78, 5) is 25.3. The number of hydrogen-bond acceptors (Lipinski definition) is 8. The van der Waals surface area contributed by atoms with Gasteiger partial charge in [-0.15, -0.1) is 0 Å². The Bertz CT molecular complexity index is 1560. The van der Waals surface area contributed by atoms with Crippen LogP contribution in [-0.4, -0.2) is 85.0 Å². The third kappa shape index (κ3) is 5.82. The third-order valence-electron chi connectivity index (χ3n) is 7.95. The molecular formula is C28H36ClN7O4S. The summed E-state index contributed by atoms with van der Waals surface area (Å²) in [5, 5.41) is 5.41. The molecule has 0 saturated carbocycles. The van der Waals surface area contributed by atoms with Crippen LogP contribution in [0.2, 0.25) is 5.02 Å². The Morgan fingerprint density at radius 3 is 2.46 bits per heavy atom. The van der Waals surface area contributed by atoms with Gasteiger partial charge in [0.25, 0.3) is 5.91 Å². The molecule has 2 aromatic heterocycles. The van der Waals surface area contributed by atoms with Crippen molar-refractivity contribution in [3.8, 4) is 0 Å². The maximum atomic E-state index is 14.0. The molecule has 1 N–H and O–H groups in total. The lowest BCUT2D eigenvalue weighted by molar-refractivity contribution is -0.00558. The van der Waals surface area contributed by atoms with Crippen LogP contribution in [0.15, 0.2) is 30.3 Å². The van der Waals surface area contributed by atoms with E-state index >= 15 is 0 Å². The molecule has 5 heterocycles. The minimum Gasteiger partial charge on any atom is -0.372 e. The molecule has 13 heteroatoms. The first kappa shape index (κ1) is 28.0. The maximum Gasteiger partial charge on any atom is 0.256 e. The maximum absolute atomic E-state index is 14.0. The Hall–Kier alpha value is -3.09. The number of benzene rings is 1. The van der Waals surface area contributed by atoms with Gasteiger partial charge in [0.1, 0.15) is 11.6 Å². The number of carbonyl (C=O) groups excluding carboxylic acids is 1. The average Bonchev–Trinajstić information content (AvgIpc) is 3.30. The van der Waals surface area contributed by atoms with Gasteiger partial charge in [0.2, 0.25) is 10.0 Å². The van der Waals surface area contributed by atoms with E-state index in [1.807, 2.05) is 10.6 Å². The number of piperidine rings is 1. The van der Waals surface area contributed by atoms with Crippen molar-refractivity contribution in [2.24, 2.45) is 0 Å². The smallest absolute Gasteiger partial charge is 0.256 e. The van der Waals surface area contributed by atoms with Crippen LogP contribution in [0, 0.1) is 0 Å². The van der Waals surface area contributed by atoms with E-state index in [1.54, 1.807) is 11.0 Å². The molecule has 220 valence electrons. The lowest BCUT2D eigenvalue weighted by Gasteiger charge is -2.38. The summed E-state index contributed by atoms with van der Waals surface area (Å²) in [6, 6.07) is 8.44. The number of rotatable bonds is 6. The van der Waals surface area contributed by atoms with Gasteiger partial charge in [0.15, 0.2) is 5.65 Å². The minimum atomic E-state index is -3.60. The van der Waals surface area contributed by atoms with Crippen LogP contribution in [-0.2, 0) is 14.8 Å². The summed E-state index contributed by atoms with van der Waals surface area (Å²) >= 11 is 6.26. The number of sulfonamides is 1. The number of hydrogen-bond donors (Lipinski definition) is 1. The second-order valence-corrected chi connectivity index (χ2v) is 13.6. The van der Waals surface area contributed by atoms with E-state index < -0.39 is 10.0 Å². The van der Waals surface area contributed by atoms with Gasteiger partial charge in [-0.1, -0.05) is 11.6 Å². The number of morpholine rings is 1. The number of amides is 1. The minimum absolute atomic E-state index is 0.0864. The van der Waals surface area contributed by atoms with Crippen LogP contribution in [0.1, 0.15) is 61.6 Å². The number of fused-ring (bicyclic) bond motifs is 1. The quantitative estimate of drug-likeness (QED) is 0.452. The van der Waals surface area contributed by atoms with Crippen LogP contribution < -0.4 is 14.5 Å². The number of nitrogens with zero attached hydrogens (tertiary/aromatic N) is 6. The van der Waals surface area contributed by atoms with E-state index in [1.165, 1.54) is 12.1 Å². The molecular weight excluding hydrogens is 566 g/mol. The Labute approximate surface area is 245 Å². The van der Waals surface area contributed by atoms with Gasteiger partial charge in [-0.2, -0.15) is 9.61 Å². The molecule has 0 spiro atoms. The molecule has 0 bridgehead atoms. The SMILES string of the molecule is C[C@@H]1CN(c2cc(N3CCC3)nc3cc([C@@H]4CCCCN4C(=O)c4cc(Cl)ccc4NS(C)(=O)=O)nn23)C[C@H](C)O1. The number of halogens is 1. The van der Waals surface area contributed by atoms with Crippen molar-refractivity contribution in [1.29, 1.82) is 0 Å². The highest BCUT2D eigenvalue weighted by atomic mass is 35.5. The third-order valence-corrected chi connectivity index (χ3v) is 8.78. The Morgan fingerprint density at radius 2 is 1.78 bits per heavy atom. The summed E-state index contributed by atoms with van der Waals surface area (Å²) in [5.74, 6) is 1.61. The topological polar surface area (TPSA) is 112 Å². The van der Waals surface area contributed by atoms with Crippen molar-refractivity contribution < 1.29 is 17.9 Å². The van der Waals surface area contributed by atoms with Gasteiger partial charge < -0.3 is 19.4 Å². The standard InChI is InChI=1S/C28H36ClN7O4S/c1-18-16-34(17-19(2)40-18)27-15-25(33-10-6-11-33)30-26-14-23(31-36(26)27)24-7-4-5-12-35(24)28(37)21-13-20(29)8-9-22(21)32-41(3,38)39/h8-9,13-15,18-19,24,32H,4-7,10-12,16-17H2,1-3H3/t18-,19+,24-/m0/s1. The number of carbonyl (C=O) groups is 1. The molecule has 3 aromatic rings. The Balaban J connectivity index is 1.39. The lowest BCUT2D eigenvalue weighted by atomic mass is 9.98. The molecule has 3 aliphatic rings. The second kappa shape index (κ2) is 11.0. The fraction of sp³-hybridized carbons (Fsp3) is 0.536. The highest BCUT2D eigenvalue weighted by Crippen LogP contribution is 2.36. The molecule has 3 aliphatic heterocycles. The predicted molar refractivity (Wildman–Crippen MR) is 160 cm³/mol. The summed E-state index contributed by atoms with van der Waals surface area (Å²) in [7, 11) is -3.60. The van der Waals surface area contributed by atoms with E-state index in [9.17, 15) is 13.2 Å². The second-order valence-electron chi connectivity index (χ2n) is 11.4. The molecule has 3 atom stereocenters. The molecule has 41 heavy (non-hydrogen) atoms. The number of aromatic nitrogens is 3. The molecule has 1 aromatic carbocycles. The van der Waals surface area contributed by atoms with Crippen LogP contribution >= 0.6 is 11.6 Å². The number of nitrogens with one attached hydrogen (secondary N) is 1.